The number of hydrogen-bond acceptors (Lipinski definition) is 5. The summed E-state index contributed by atoms with van der Waals surface area (Å²) in [5.74, 6) is 0.511. The van der Waals surface area contributed by atoms with Crippen LogP contribution < -0.4 is 0 Å². The Morgan fingerprint density at radius 2 is 2.13 bits per heavy atom. The summed E-state index contributed by atoms with van der Waals surface area (Å²) in [6.07, 6.45) is 3.82. The fourth-order valence-electron chi connectivity index (χ4n) is 3.64. The van der Waals surface area contributed by atoms with Gasteiger partial charge >= 0.3 is 6.09 Å². The van der Waals surface area contributed by atoms with Gasteiger partial charge < -0.3 is 5.11 Å². The van der Waals surface area contributed by atoms with Gasteiger partial charge in [-0.3, -0.25) is 9.25 Å². The van der Waals surface area contributed by atoms with E-state index < -0.39 is 16.1 Å². The van der Waals surface area contributed by atoms with Crippen LogP contribution in [0.4, 0.5) is 4.79 Å². The number of nitrogens with zero attached hydrogens (tertiary/aromatic N) is 5. The van der Waals surface area contributed by atoms with E-state index in [4.69, 9.17) is 11.6 Å². The molecule has 0 bridgehead atoms. The maximum Gasteiger partial charge on any atom is 0.421 e. The molecule has 1 amide bonds. The lowest BCUT2D eigenvalue weighted by atomic mass is 10.2. The molecule has 1 aliphatic rings. The number of aryl methyl sites for hydroxylation is 2. The van der Waals surface area contributed by atoms with Crippen molar-refractivity contribution < 1.29 is 18.3 Å². The van der Waals surface area contributed by atoms with Crippen LogP contribution in [0.15, 0.2) is 24.5 Å². The van der Waals surface area contributed by atoms with Crippen molar-refractivity contribution in [2.75, 3.05) is 12.3 Å². The molecule has 0 atom stereocenters. The summed E-state index contributed by atoms with van der Waals surface area (Å²) in [6.45, 7) is 1.84. The maximum atomic E-state index is 12.8. The molecular formula is C19H22ClN5O4S. The number of carboxylic acid groups (broad SMARTS) is 1. The number of fused-ring (bicyclic) bond motifs is 1. The first-order chi connectivity index (χ1) is 14.2. The Morgan fingerprint density at radius 3 is 2.80 bits per heavy atom. The molecule has 0 aliphatic heterocycles. The second-order valence-corrected chi connectivity index (χ2v) is 10.0. The molecule has 1 saturated carbocycles. The van der Waals surface area contributed by atoms with Gasteiger partial charge in [-0.2, -0.15) is 5.10 Å². The monoisotopic (exact) mass is 451 g/mol. The van der Waals surface area contributed by atoms with E-state index in [1.807, 2.05) is 16.8 Å². The highest BCUT2D eigenvalue weighted by atomic mass is 35.5. The summed E-state index contributed by atoms with van der Waals surface area (Å²) in [6, 6.07) is 3.68. The van der Waals surface area contributed by atoms with Gasteiger partial charge in [0, 0.05) is 36.9 Å². The van der Waals surface area contributed by atoms with E-state index in [1.54, 1.807) is 30.9 Å². The lowest BCUT2D eigenvalue weighted by molar-refractivity contribution is 0.171. The summed E-state index contributed by atoms with van der Waals surface area (Å²) < 4.78 is 29.6. The van der Waals surface area contributed by atoms with Crippen LogP contribution in [0.3, 0.4) is 0 Å². The van der Waals surface area contributed by atoms with E-state index in [-0.39, 0.29) is 24.6 Å². The lowest BCUT2D eigenvalue weighted by Gasteiger charge is -2.19. The molecule has 0 saturated heterocycles. The van der Waals surface area contributed by atoms with Gasteiger partial charge in [0.2, 0.25) is 10.0 Å². The molecule has 3 aromatic heterocycles. The van der Waals surface area contributed by atoms with E-state index >= 15 is 0 Å². The minimum absolute atomic E-state index is 0.0312. The van der Waals surface area contributed by atoms with Crippen LogP contribution in [-0.4, -0.2) is 55.6 Å². The van der Waals surface area contributed by atoms with Crippen molar-refractivity contribution in [1.82, 2.24) is 23.6 Å². The van der Waals surface area contributed by atoms with Gasteiger partial charge in [0.1, 0.15) is 11.5 Å². The average Bonchev–Trinajstić information content (AvgIpc) is 3.34. The topological polar surface area (TPSA) is 110 Å². The molecule has 0 radical (unpaired) electrons. The summed E-state index contributed by atoms with van der Waals surface area (Å²) in [4.78, 5) is 15.9. The third-order valence-electron chi connectivity index (χ3n) is 5.31. The number of rotatable bonds is 7. The zero-order valence-electron chi connectivity index (χ0n) is 16.6. The van der Waals surface area contributed by atoms with Gasteiger partial charge in [-0.1, -0.05) is 11.6 Å². The standard InChI is InChI=1S/C19H22ClN5O4S/c1-12-16(6-8-30(28,29)25(19(26)27)11-13-3-4-13)18(23(2)22-12)24-7-5-14-9-15(20)10-21-17(14)24/h5,7,9-10,13H,3-4,6,8,11H2,1-2H3,(H,26,27). The second-order valence-electron chi connectivity index (χ2n) is 7.59. The minimum Gasteiger partial charge on any atom is -0.464 e. The zero-order valence-corrected chi connectivity index (χ0v) is 18.2. The highest BCUT2D eigenvalue weighted by Gasteiger charge is 2.34. The largest absolute Gasteiger partial charge is 0.464 e. The Kier molecular flexibility index (Phi) is 5.23. The quantitative estimate of drug-likeness (QED) is 0.591. The van der Waals surface area contributed by atoms with Crippen LogP contribution in [0, 0.1) is 12.8 Å². The predicted octanol–water partition coefficient (Wildman–Crippen LogP) is 2.98. The van der Waals surface area contributed by atoms with Crippen molar-refractivity contribution in [2.45, 2.75) is 26.2 Å². The summed E-state index contributed by atoms with van der Waals surface area (Å²) in [5, 5.41) is 15.2. The molecule has 4 rings (SSSR count). The van der Waals surface area contributed by atoms with Crippen molar-refractivity contribution in [3.63, 3.8) is 0 Å². The van der Waals surface area contributed by atoms with Gasteiger partial charge in [-0.05, 0) is 44.2 Å². The first-order valence-corrected chi connectivity index (χ1v) is 11.5. The smallest absolute Gasteiger partial charge is 0.421 e. The third-order valence-corrected chi connectivity index (χ3v) is 7.22. The molecule has 0 unspecified atom stereocenters. The first-order valence-electron chi connectivity index (χ1n) is 9.56. The summed E-state index contributed by atoms with van der Waals surface area (Å²) in [7, 11) is -2.19. The normalized spacial score (nSPS) is 14.4. The molecule has 1 aliphatic carbocycles. The molecule has 3 heterocycles. The van der Waals surface area contributed by atoms with Crippen molar-refractivity contribution in [2.24, 2.45) is 13.0 Å². The molecule has 30 heavy (non-hydrogen) atoms. The fraction of sp³-hybridized carbons (Fsp3) is 0.421. The van der Waals surface area contributed by atoms with Crippen LogP contribution in [-0.2, 0) is 23.5 Å². The molecule has 1 N–H and O–H groups in total. The number of hydrogen-bond donors (Lipinski definition) is 1. The highest BCUT2D eigenvalue weighted by molar-refractivity contribution is 7.89. The number of pyridine rings is 1. The van der Waals surface area contributed by atoms with E-state index in [0.717, 1.165) is 23.8 Å². The van der Waals surface area contributed by atoms with Gasteiger partial charge in [0.15, 0.2) is 0 Å². The molecule has 160 valence electrons. The minimum atomic E-state index is -3.96. The number of aromatic nitrogens is 4. The molecule has 11 heteroatoms. The Hall–Kier alpha value is -2.59. The van der Waals surface area contributed by atoms with Crippen LogP contribution in [0.1, 0.15) is 24.1 Å². The molecule has 9 nitrogen and oxygen atoms in total. The number of halogens is 1. The molecular weight excluding hydrogens is 430 g/mol. The van der Waals surface area contributed by atoms with Crippen molar-refractivity contribution >= 4 is 38.8 Å². The first kappa shape index (κ1) is 20.7. The second kappa shape index (κ2) is 7.59. The molecule has 0 aromatic carbocycles. The van der Waals surface area contributed by atoms with E-state index in [0.29, 0.717) is 26.5 Å². The maximum absolute atomic E-state index is 12.8. The Morgan fingerprint density at radius 1 is 1.40 bits per heavy atom. The average molecular weight is 452 g/mol. The van der Waals surface area contributed by atoms with Crippen LogP contribution in [0.5, 0.6) is 0 Å². The Labute approximate surface area is 178 Å². The lowest BCUT2D eigenvalue weighted by Crippen LogP contribution is -2.39. The van der Waals surface area contributed by atoms with Crippen LogP contribution in [0.2, 0.25) is 5.02 Å². The van der Waals surface area contributed by atoms with Crippen molar-refractivity contribution in [3.8, 4) is 5.82 Å². The van der Waals surface area contributed by atoms with Gasteiger partial charge in [-0.15, -0.1) is 0 Å². The van der Waals surface area contributed by atoms with E-state index in [1.165, 1.54) is 0 Å². The number of amides is 1. The zero-order chi connectivity index (χ0) is 21.6. The number of carbonyl (C=O) groups is 1. The van der Waals surface area contributed by atoms with Crippen molar-refractivity contribution in [3.05, 3.63) is 40.8 Å². The predicted molar refractivity (Wildman–Crippen MR) is 113 cm³/mol. The Balaban J connectivity index is 1.66. The van der Waals surface area contributed by atoms with Gasteiger partial charge in [0.25, 0.3) is 0 Å². The SMILES string of the molecule is Cc1nn(C)c(-n2ccc3cc(Cl)cnc32)c1CCS(=O)(=O)N(CC1CC1)C(=O)O. The van der Waals surface area contributed by atoms with Gasteiger partial charge in [-0.25, -0.2) is 22.5 Å². The number of sulfonamides is 1. The Bertz CT molecular complexity index is 1230. The molecule has 1 fully saturated rings. The van der Waals surface area contributed by atoms with Gasteiger partial charge in [0.05, 0.1) is 16.5 Å². The summed E-state index contributed by atoms with van der Waals surface area (Å²) >= 11 is 6.03. The summed E-state index contributed by atoms with van der Waals surface area (Å²) in [5.41, 5.74) is 2.09. The third kappa shape index (κ3) is 3.89. The van der Waals surface area contributed by atoms with Crippen molar-refractivity contribution in [1.29, 1.82) is 0 Å². The molecule has 3 aromatic rings. The fourth-order valence-corrected chi connectivity index (χ4v) is 5.16. The van der Waals surface area contributed by atoms with E-state index in [9.17, 15) is 18.3 Å². The van der Waals surface area contributed by atoms with Crippen LogP contribution >= 0.6 is 11.6 Å². The highest BCUT2D eigenvalue weighted by Crippen LogP contribution is 2.31. The molecule has 0 spiro atoms. The van der Waals surface area contributed by atoms with Crippen LogP contribution in [0.25, 0.3) is 16.9 Å². The van der Waals surface area contributed by atoms with E-state index in [2.05, 4.69) is 10.1 Å².